The molecule has 6 nitrogen and oxygen atoms in total. The van der Waals surface area contributed by atoms with Crippen LogP contribution in [0.2, 0.25) is 0 Å². The molecule has 0 saturated heterocycles. The van der Waals surface area contributed by atoms with Crippen LogP contribution in [-0.2, 0) is 5.60 Å². The molecule has 176 valence electrons. The maximum absolute atomic E-state index is 14.8. The van der Waals surface area contributed by atoms with Crippen molar-refractivity contribution in [3.05, 3.63) is 58.8 Å². The SMILES string of the molecule is CSN(SC)c1ccc(Nc2sc(-c3c(F)cc(C(C)(C)O)cc3F)cc2C(N)=O)nc1C. The average molecular weight is 511 g/mol. The first-order valence-corrected chi connectivity index (χ1v) is 12.9. The predicted octanol–water partition coefficient (Wildman–Crippen LogP) is 5.83. The van der Waals surface area contributed by atoms with Gasteiger partial charge in [-0.25, -0.2) is 13.8 Å². The fraction of sp³-hybridized carbons (Fsp3) is 0.273. The molecular formula is C22H24F2N4O2S3. The lowest BCUT2D eigenvalue weighted by Crippen LogP contribution is -2.16. The van der Waals surface area contributed by atoms with Crippen molar-refractivity contribution in [2.24, 2.45) is 5.73 Å². The van der Waals surface area contributed by atoms with Crippen molar-refractivity contribution in [1.29, 1.82) is 0 Å². The molecule has 0 aliphatic rings. The van der Waals surface area contributed by atoms with Gasteiger partial charge in [-0.3, -0.25) is 8.51 Å². The topological polar surface area (TPSA) is 91.5 Å². The number of primary amides is 1. The molecule has 0 fully saturated rings. The fourth-order valence-electron chi connectivity index (χ4n) is 3.16. The van der Waals surface area contributed by atoms with E-state index in [0.29, 0.717) is 10.8 Å². The number of carbonyl (C=O) groups is 1. The normalized spacial score (nSPS) is 11.5. The number of nitrogens with one attached hydrogen (secondary N) is 1. The Hall–Kier alpha value is -2.34. The number of amides is 1. The Balaban J connectivity index is 2.01. The summed E-state index contributed by atoms with van der Waals surface area (Å²) in [6.45, 7) is 4.75. The molecule has 0 spiro atoms. The van der Waals surface area contributed by atoms with Crippen molar-refractivity contribution < 1.29 is 18.7 Å². The molecule has 33 heavy (non-hydrogen) atoms. The minimum atomic E-state index is -1.40. The Morgan fingerprint density at radius 3 is 2.27 bits per heavy atom. The number of pyridine rings is 1. The number of hydrogen-bond donors (Lipinski definition) is 3. The van der Waals surface area contributed by atoms with Crippen LogP contribution in [0.1, 0.15) is 35.5 Å². The highest BCUT2D eigenvalue weighted by Gasteiger charge is 2.24. The molecule has 0 atom stereocenters. The fourth-order valence-corrected chi connectivity index (χ4v) is 5.65. The van der Waals surface area contributed by atoms with Crippen LogP contribution in [0.3, 0.4) is 0 Å². The number of halogens is 2. The standard InChI is InChI=1S/C22H24F2N4O2S3/c1-11-16(28(31-4)32-5)6-7-18(26-11)27-21-13(20(25)29)10-17(33-21)19-14(23)8-12(9-15(19)24)22(2,3)30/h6-10,30H,1-5H3,(H2,25,29)(H,26,27). The van der Waals surface area contributed by atoms with Gasteiger partial charge >= 0.3 is 0 Å². The Kier molecular flexibility index (Phi) is 7.57. The van der Waals surface area contributed by atoms with E-state index in [1.165, 1.54) is 19.9 Å². The van der Waals surface area contributed by atoms with Gasteiger partial charge < -0.3 is 16.2 Å². The molecule has 0 saturated carbocycles. The molecule has 0 radical (unpaired) electrons. The van der Waals surface area contributed by atoms with Gasteiger partial charge in [-0.15, -0.1) is 11.3 Å². The number of anilines is 3. The first-order valence-electron chi connectivity index (χ1n) is 9.75. The van der Waals surface area contributed by atoms with Crippen molar-refractivity contribution in [1.82, 2.24) is 4.98 Å². The molecule has 0 aliphatic carbocycles. The molecule has 4 N–H and O–H groups in total. The quantitative estimate of drug-likeness (QED) is 0.329. The van der Waals surface area contributed by atoms with E-state index in [2.05, 4.69) is 10.3 Å². The van der Waals surface area contributed by atoms with Gasteiger partial charge in [0.1, 0.15) is 22.5 Å². The Labute approximate surface area is 203 Å². The molecule has 1 aromatic carbocycles. The molecule has 0 unspecified atom stereocenters. The second-order valence-corrected chi connectivity index (χ2v) is 10.4. The molecule has 1 amide bonds. The van der Waals surface area contributed by atoms with Gasteiger partial charge in [-0.1, -0.05) is 0 Å². The van der Waals surface area contributed by atoms with E-state index in [4.69, 9.17) is 5.73 Å². The van der Waals surface area contributed by atoms with Crippen LogP contribution >= 0.6 is 35.2 Å². The molecule has 3 rings (SSSR count). The van der Waals surface area contributed by atoms with Gasteiger partial charge in [0.2, 0.25) is 0 Å². The molecular weight excluding hydrogens is 486 g/mol. The van der Waals surface area contributed by atoms with E-state index in [1.807, 2.05) is 29.2 Å². The van der Waals surface area contributed by atoms with Crippen molar-refractivity contribution in [3.63, 3.8) is 0 Å². The first-order chi connectivity index (χ1) is 15.5. The predicted molar refractivity (Wildman–Crippen MR) is 135 cm³/mol. The van der Waals surface area contributed by atoms with Gasteiger partial charge in [0.15, 0.2) is 0 Å². The largest absolute Gasteiger partial charge is 0.386 e. The second kappa shape index (κ2) is 9.88. The van der Waals surface area contributed by atoms with Gasteiger partial charge in [-0.2, -0.15) is 0 Å². The van der Waals surface area contributed by atoms with Crippen LogP contribution in [0, 0.1) is 18.6 Å². The minimum Gasteiger partial charge on any atom is -0.386 e. The molecule has 2 heterocycles. The number of nitrogens with zero attached hydrogens (tertiary/aromatic N) is 2. The van der Waals surface area contributed by atoms with Gasteiger partial charge in [-0.05, 0) is 80.6 Å². The number of thiophene rings is 1. The number of benzene rings is 1. The third kappa shape index (κ3) is 5.43. The molecule has 0 bridgehead atoms. The third-order valence-corrected chi connectivity index (χ3v) is 7.84. The van der Waals surface area contributed by atoms with Crippen molar-refractivity contribution in [2.45, 2.75) is 26.4 Å². The smallest absolute Gasteiger partial charge is 0.251 e. The monoisotopic (exact) mass is 510 g/mol. The lowest BCUT2D eigenvalue weighted by Gasteiger charge is -2.19. The highest BCUT2D eigenvalue weighted by Crippen LogP contribution is 2.40. The summed E-state index contributed by atoms with van der Waals surface area (Å²) in [6.07, 6.45) is 3.92. The zero-order chi connectivity index (χ0) is 24.5. The zero-order valence-corrected chi connectivity index (χ0v) is 21.1. The van der Waals surface area contributed by atoms with Crippen LogP contribution in [0.4, 0.5) is 25.3 Å². The maximum Gasteiger partial charge on any atom is 0.251 e. The highest BCUT2D eigenvalue weighted by atomic mass is 32.2. The second-order valence-electron chi connectivity index (χ2n) is 7.64. The molecule has 2 aromatic heterocycles. The maximum atomic E-state index is 14.8. The van der Waals surface area contributed by atoms with Crippen LogP contribution < -0.4 is 14.8 Å². The van der Waals surface area contributed by atoms with E-state index in [9.17, 15) is 18.7 Å². The lowest BCUT2D eigenvalue weighted by atomic mass is 9.96. The highest BCUT2D eigenvalue weighted by molar-refractivity contribution is 8.17. The number of rotatable bonds is 8. The molecule has 3 aromatic rings. The Morgan fingerprint density at radius 2 is 1.79 bits per heavy atom. The van der Waals surface area contributed by atoms with Crippen LogP contribution in [0.25, 0.3) is 10.4 Å². The van der Waals surface area contributed by atoms with E-state index in [1.54, 1.807) is 30.0 Å². The third-order valence-electron chi connectivity index (χ3n) is 4.82. The summed E-state index contributed by atoms with van der Waals surface area (Å²) in [6, 6.07) is 7.17. The summed E-state index contributed by atoms with van der Waals surface area (Å²) in [5, 5.41) is 13.5. The van der Waals surface area contributed by atoms with E-state index >= 15 is 0 Å². The summed E-state index contributed by atoms with van der Waals surface area (Å²) in [4.78, 5) is 16.8. The number of aromatic nitrogens is 1. The average Bonchev–Trinajstić information content (AvgIpc) is 3.12. The summed E-state index contributed by atoms with van der Waals surface area (Å²) in [7, 11) is 0. The number of nitrogens with two attached hydrogens (primary N) is 1. The van der Waals surface area contributed by atoms with E-state index in [0.717, 1.165) is 34.9 Å². The van der Waals surface area contributed by atoms with Crippen molar-refractivity contribution in [2.75, 3.05) is 21.5 Å². The Morgan fingerprint density at radius 1 is 1.18 bits per heavy atom. The van der Waals surface area contributed by atoms with Crippen LogP contribution in [0.5, 0.6) is 0 Å². The van der Waals surface area contributed by atoms with Crippen LogP contribution in [0.15, 0.2) is 30.3 Å². The Bertz CT molecular complexity index is 1170. The van der Waals surface area contributed by atoms with Gasteiger partial charge in [0, 0.05) is 17.4 Å². The van der Waals surface area contributed by atoms with Gasteiger partial charge in [0.05, 0.1) is 28.1 Å². The number of hydrogen-bond acceptors (Lipinski definition) is 8. The summed E-state index contributed by atoms with van der Waals surface area (Å²) in [5.41, 5.74) is 5.72. The lowest BCUT2D eigenvalue weighted by molar-refractivity contribution is 0.0778. The molecule has 11 heteroatoms. The van der Waals surface area contributed by atoms with E-state index < -0.39 is 23.1 Å². The van der Waals surface area contributed by atoms with Crippen LogP contribution in [-0.4, -0.2) is 28.5 Å². The minimum absolute atomic E-state index is 0.0961. The zero-order valence-electron chi connectivity index (χ0n) is 18.7. The number of carbonyl (C=O) groups excluding carboxylic acids is 1. The number of aryl methyl sites for hydroxylation is 1. The van der Waals surface area contributed by atoms with E-state index in [-0.39, 0.29) is 21.6 Å². The summed E-state index contributed by atoms with van der Waals surface area (Å²) < 4.78 is 31.7. The van der Waals surface area contributed by atoms with Crippen molar-refractivity contribution >= 4 is 57.6 Å². The van der Waals surface area contributed by atoms with Gasteiger partial charge in [0.25, 0.3) is 5.91 Å². The molecule has 0 aliphatic heterocycles. The summed E-state index contributed by atoms with van der Waals surface area (Å²) >= 11 is 4.09. The number of aliphatic hydroxyl groups is 1. The summed E-state index contributed by atoms with van der Waals surface area (Å²) in [5.74, 6) is -1.96. The van der Waals surface area contributed by atoms with Crippen molar-refractivity contribution in [3.8, 4) is 10.4 Å². The first kappa shape index (κ1) is 25.3.